The van der Waals surface area contributed by atoms with Crippen molar-refractivity contribution in [3.05, 3.63) is 71.3 Å². The Morgan fingerprint density at radius 1 is 0.944 bits per heavy atom. The van der Waals surface area contributed by atoms with Crippen molar-refractivity contribution in [2.24, 2.45) is 0 Å². The number of aliphatic hydroxyl groups is 1. The molecule has 2 aromatic rings. The molecule has 18 heavy (non-hydrogen) atoms. The first-order valence-electron chi connectivity index (χ1n) is 6.25. The molecule has 1 unspecified atom stereocenters. The molecule has 0 saturated carbocycles. The Bertz CT molecular complexity index is 512. The van der Waals surface area contributed by atoms with Crippen LogP contribution in [-0.4, -0.2) is 11.2 Å². The lowest BCUT2D eigenvalue weighted by Crippen LogP contribution is -2.05. The second kappa shape index (κ2) is 6.18. The Balaban J connectivity index is 2.21. The summed E-state index contributed by atoms with van der Waals surface area (Å²) in [6.07, 6.45) is 4.58. The first kappa shape index (κ1) is 12.6. The van der Waals surface area contributed by atoms with E-state index in [-0.39, 0.29) is 6.10 Å². The van der Waals surface area contributed by atoms with E-state index in [0.717, 1.165) is 0 Å². The summed E-state index contributed by atoms with van der Waals surface area (Å²) in [6.45, 7) is 1.82. The van der Waals surface area contributed by atoms with Crippen LogP contribution < -0.4 is 0 Å². The Kier molecular flexibility index (Phi) is 4.32. The average molecular weight is 238 g/mol. The van der Waals surface area contributed by atoms with Gasteiger partial charge >= 0.3 is 0 Å². The molecule has 0 saturated heterocycles. The number of aliphatic hydroxyl groups excluding tert-OH is 1. The van der Waals surface area contributed by atoms with E-state index < -0.39 is 0 Å². The molecule has 1 atom stereocenters. The maximum atomic E-state index is 9.49. The summed E-state index contributed by atoms with van der Waals surface area (Å²) in [5, 5.41) is 9.49. The molecule has 1 heteroatoms. The summed E-state index contributed by atoms with van der Waals surface area (Å²) in [4.78, 5) is 0. The van der Waals surface area contributed by atoms with Gasteiger partial charge in [-0.2, -0.15) is 0 Å². The molecule has 0 fully saturated rings. The van der Waals surface area contributed by atoms with Crippen LogP contribution in [0.4, 0.5) is 0 Å². The Morgan fingerprint density at radius 2 is 1.61 bits per heavy atom. The van der Waals surface area contributed by atoms with Crippen molar-refractivity contribution in [1.82, 2.24) is 0 Å². The molecule has 0 spiro atoms. The fourth-order valence-electron chi connectivity index (χ4n) is 1.95. The van der Waals surface area contributed by atoms with E-state index in [4.69, 9.17) is 0 Å². The molecule has 0 aliphatic heterocycles. The molecular weight excluding hydrogens is 220 g/mol. The fraction of sp³-hybridized carbons (Fsp3) is 0.176. The van der Waals surface area contributed by atoms with E-state index in [1.807, 2.05) is 37.3 Å². The SMILES string of the molecule is CC(O)Cc1ccccc1/C=C/c1ccccc1. The van der Waals surface area contributed by atoms with E-state index in [0.29, 0.717) is 6.42 Å². The predicted octanol–water partition coefficient (Wildman–Crippen LogP) is 3.78. The van der Waals surface area contributed by atoms with Crippen molar-refractivity contribution in [1.29, 1.82) is 0 Å². The summed E-state index contributed by atoms with van der Waals surface area (Å²) in [5.74, 6) is 0. The van der Waals surface area contributed by atoms with Gasteiger partial charge in [-0.15, -0.1) is 0 Å². The monoisotopic (exact) mass is 238 g/mol. The third-order valence-electron chi connectivity index (χ3n) is 2.83. The molecule has 0 aliphatic rings. The third kappa shape index (κ3) is 3.57. The fourth-order valence-corrected chi connectivity index (χ4v) is 1.95. The molecule has 92 valence electrons. The van der Waals surface area contributed by atoms with Gasteiger partial charge in [-0.25, -0.2) is 0 Å². The van der Waals surface area contributed by atoms with Crippen molar-refractivity contribution in [3.8, 4) is 0 Å². The summed E-state index contributed by atoms with van der Waals surface area (Å²) >= 11 is 0. The van der Waals surface area contributed by atoms with Gasteiger partial charge in [-0.3, -0.25) is 0 Å². The van der Waals surface area contributed by atoms with Crippen molar-refractivity contribution in [2.45, 2.75) is 19.4 Å². The van der Waals surface area contributed by atoms with Gasteiger partial charge in [0, 0.05) is 0 Å². The molecule has 0 aliphatic carbocycles. The van der Waals surface area contributed by atoms with E-state index >= 15 is 0 Å². The molecule has 0 aromatic heterocycles. The second-order valence-corrected chi connectivity index (χ2v) is 4.50. The standard InChI is InChI=1S/C17H18O/c1-14(18)13-17-10-6-5-9-16(17)12-11-15-7-3-2-4-8-15/h2-12,14,18H,13H2,1H3/b12-11+. The zero-order valence-electron chi connectivity index (χ0n) is 10.6. The molecule has 2 rings (SSSR count). The average Bonchev–Trinajstić information content (AvgIpc) is 2.38. The molecular formula is C17H18O. The predicted molar refractivity (Wildman–Crippen MR) is 77.2 cm³/mol. The van der Waals surface area contributed by atoms with Gasteiger partial charge < -0.3 is 5.11 Å². The second-order valence-electron chi connectivity index (χ2n) is 4.50. The van der Waals surface area contributed by atoms with Gasteiger partial charge in [0.05, 0.1) is 6.10 Å². The molecule has 1 N–H and O–H groups in total. The van der Waals surface area contributed by atoms with Crippen molar-refractivity contribution in [3.63, 3.8) is 0 Å². The van der Waals surface area contributed by atoms with Gasteiger partial charge in [0.2, 0.25) is 0 Å². The van der Waals surface area contributed by atoms with E-state index in [2.05, 4.69) is 36.4 Å². The zero-order chi connectivity index (χ0) is 12.8. The van der Waals surface area contributed by atoms with Crippen LogP contribution in [0.1, 0.15) is 23.6 Å². The van der Waals surface area contributed by atoms with Crippen molar-refractivity contribution < 1.29 is 5.11 Å². The first-order valence-corrected chi connectivity index (χ1v) is 6.25. The quantitative estimate of drug-likeness (QED) is 0.804. The van der Waals surface area contributed by atoms with Crippen molar-refractivity contribution in [2.75, 3.05) is 0 Å². The molecule has 0 bridgehead atoms. The largest absolute Gasteiger partial charge is 0.393 e. The van der Waals surface area contributed by atoms with Gasteiger partial charge in [0.1, 0.15) is 0 Å². The lowest BCUT2D eigenvalue weighted by Gasteiger charge is -2.07. The number of hydrogen-bond donors (Lipinski definition) is 1. The van der Waals surface area contributed by atoms with Crippen LogP contribution in [0.15, 0.2) is 54.6 Å². The summed E-state index contributed by atoms with van der Waals surface area (Å²) in [6, 6.07) is 18.4. The van der Waals surface area contributed by atoms with E-state index in [1.165, 1.54) is 16.7 Å². The molecule has 1 nitrogen and oxygen atoms in total. The van der Waals surface area contributed by atoms with E-state index in [9.17, 15) is 5.11 Å². The molecule has 2 aromatic carbocycles. The van der Waals surface area contributed by atoms with E-state index in [1.54, 1.807) is 0 Å². The Morgan fingerprint density at radius 3 is 2.33 bits per heavy atom. The smallest absolute Gasteiger partial charge is 0.0552 e. The maximum absolute atomic E-state index is 9.49. The summed E-state index contributed by atoms with van der Waals surface area (Å²) in [5.41, 5.74) is 3.53. The van der Waals surface area contributed by atoms with Crippen LogP contribution in [0.3, 0.4) is 0 Å². The summed E-state index contributed by atoms with van der Waals surface area (Å²) < 4.78 is 0. The van der Waals surface area contributed by atoms with Gasteiger partial charge in [-0.1, -0.05) is 66.7 Å². The van der Waals surface area contributed by atoms with Crippen LogP contribution in [0.2, 0.25) is 0 Å². The molecule has 0 amide bonds. The van der Waals surface area contributed by atoms with Gasteiger partial charge in [-0.05, 0) is 30.0 Å². The zero-order valence-corrected chi connectivity index (χ0v) is 10.6. The highest BCUT2D eigenvalue weighted by atomic mass is 16.3. The third-order valence-corrected chi connectivity index (χ3v) is 2.83. The normalized spacial score (nSPS) is 12.8. The Hall–Kier alpha value is -1.86. The maximum Gasteiger partial charge on any atom is 0.0552 e. The van der Waals surface area contributed by atoms with Crippen LogP contribution in [-0.2, 0) is 6.42 Å². The molecule has 0 radical (unpaired) electrons. The van der Waals surface area contributed by atoms with Crippen LogP contribution in [0, 0.1) is 0 Å². The van der Waals surface area contributed by atoms with Crippen LogP contribution >= 0.6 is 0 Å². The van der Waals surface area contributed by atoms with Gasteiger partial charge in [0.15, 0.2) is 0 Å². The minimum absolute atomic E-state index is 0.309. The summed E-state index contributed by atoms with van der Waals surface area (Å²) in [7, 11) is 0. The molecule has 0 heterocycles. The highest BCUT2D eigenvalue weighted by molar-refractivity contribution is 5.71. The first-order chi connectivity index (χ1) is 8.75. The minimum Gasteiger partial charge on any atom is -0.393 e. The number of benzene rings is 2. The highest BCUT2D eigenvalue weighted by Crippen LogP contribution is 2.15. The highest BCUT2D eigenvalue weighted by Gasteiger charge is 2.02. The minimum atomic E-state index is -0.309. The lowest BCUT2D eigenvalue weighted by molar-refractivity contribution is 0.195. The number of hydrogen-bond acceptors (Lipinski definition) is 1. The lowest BCUT2D eigenvalue weighted by atomic mass is 10.0. The topological polar surface area (TPSA) is 20.2 Å². The van der Waals surface area contributed by atoms with Crippen LogP contribution in [0.25, 0.3) is 12.2 Å². The number of rotatable bonds is 4. The Labute approximate surface area is 108 Å². The van der Waals surface area contributed by atoms with Gasteiger partial charge in [0.25, 0.3) is 0 Å². The van der Waals surface area contributed by atoms with Crippen LogP contribution in [0.5, 0.6) is 0 Å². The van der Waals surface area contributed by atoms with Crippen molar-refractivity contribution >= 4 is 12.2 Å².